The quantitative estimate of drug-likeness (QED) is 0.458. The third-order valence-electron chi connectivity index (χ3n) is 9.93. The first kappa shape index (κ1) is 22.0. The van der Waals surface area contributed by atoms with Gasteiger partial charge in [0.1, 0.15) is 6.61 Å². The fraction of sp³-hybridized carbons (Fsp3) is 0.769. The Labute approximate surface area is 191 Å². The van der Waals surface area contributed by atoms with Crippen LogP contribution in [-0.4, -0.2) is 42.9 Å². The lowest BCUT2D eigenvalue weighted by Gasteiger charge is -2.60. The summed E-state index contributed by atoms with van der Waals surface area (Å²) in [6, 6.07) is 0.0831. The van der Waals surface area contributed by atoms with Gasteiger partial charge < -0.3 is 20.5 Å². The van der Waals surface area contributed by atoms with E-state index in [1.54, 1.807) is 11.6 Å². The number of fused-ring (bicyclic) bond motifs is 5. The fourth-order valence-corrected chi connectivity index (χ4v) is 8.28. The number of hydrogen-bond acceptors (Lipinski definition) is 4. The number of nitrogens with one attached hydrogen (secondary N) is 2. The van der Waals surface area contributed by atoms with Gasteiger partial charge in [0.25, 0.3) is 0 Å². The molecule has 5 aliphatic rings. The molecule has 2 amide bonds. The molecular weight excluding hydrogens is 404 g/mol. The van der Waals surface area contributed by atoms with Gasteiger partial charge in [0.05, 0.1) is 6.61 Å². The molecule has 6 heteroatoms. The minimum Gasteiger partial charge on any atom is -0.458 e. The van der Waals surface area contributed by atoms with E-state index in [9.17, 15) is 9.59 Å². The summed E-state index contributed by atoms with van der Waals surface area (Å²) in [5, 5.41) is 14.8. The predicted octanol–water partition coefficient (Wildman–Crippen LogP) is 3.71. The maximum atomic E-state index is 12.1. The van der Waals surface area contributed by atoms with Crippen LogP contribution < -0.4 is 10.6 Å². The van der Waals surface area contributed by atoms with E-state index >= 15 is 0 Å². The third kappa shape index (κ3) is 3.49. The number of ether oxygens (including phenoxy) is 1. The number of carbonyl (C=O) groups is 2. The summed E-state index contributed by atoms with van der Waals surface area (Å²) in [7, 11) is 0. The topological polar surface area (TPSA) is 87.7 Å². The second-order valence-corrected chi connectivity index (χ2v) is 11.3. The summed E-state index contributed by atoms with van der Waals surface area (Å²) in [6.07, 6.45) is 13.5. The number of allylic oxidation sites excluding steroid dienone is 2. The molecule has 4 aliphatic carbocycles. The molecule has 0 aromatic heterocycles. The van der Waals surface area contributed by atoms with Crippen LogP contribution in [-0.2, 0) is 9.53 Å². The monoisotopic (exact) mass is 442 g/mol. The second kappa shape index (κ2) is 8.19. The van der Waals surface area contributed by atoms with Crippen molar-refractivity contribution in [1.29, 1.82) is 0 Å². The third-order valence-corrected chi connectivity index (χ3v) is 9.93. The Hall–Kier alpha value is -1.82. The molecule has 7 atom stereocenters. The average Bonchev–Trinajstić information content (AvgIpc) is 3.34. The van der Waals surface area contributed by atoms with Crippen LogP contribution in [0, 0.1) is 34.5 Å². The second-order valence-electron chi connectivity index (χ2n) is 11.3. The largest absolute Gasteiger partial charge is 0.458 e. The lowest BCUT2D eigenvalue weighted by atomic mass is 9.45. The van der Waals surface area contributed by atoms with Crippen LogP contribution in [0.5, 0.6) is 0 Å². The molecule has 32 heavy (non-hydrogen) atoms. The summed E-state index contributed by atoms with van der Waals surface area (Å²) in [5.41, 5.74) is 3.39. The van der Waals surface area contributed by atoms with Crippen molar-refractivity contribution < 1.29 is 19.4 Å². The SMILES string of the molecule is C[C@]12CC[C@H](NC(=O)NCCO)C[C@H]1CC[C@H]1C3=CC[C@H](C4=CC(=O)OC4)[C@@]3(C)CC[C@@H]12. The number of cyclic esters (lactones) is 1. The van der Waals surface area contributed by atoms with Crippen LogP contribution in [0.1, 0.15) is 65.2 Å². The summed E-state index contributed by atoms with van der Waals surface area (Å²) >= 11 is 0. The molecule has 0 aromatic carbocycles. The van der Waals surface area contributed by atoms with E-state index < -0.39 is 0 Å². The van der Waals surface area contributed by atoms with E-state index in [4.69, 9.17) is 9.84 Å². The first-order valence-electron chi connectivity index (χ1n) is 12.6. The minimum absolute atomic E-state index is 0.0297. The smallest absolute Gasteiger partial charge is 0.331 e. The highest BCUT2D eigenvalue weighted by molar-refractivity contribution is 5.85. The average molecular weight is 443 g/mol. The number of carbonyl (C=O) groups excluding carboxylic acids is 2. The number of urea groups is 1. The van der Waals surface area contributed by atoms with E-state index in [1.807, 2.05) is 0 Å². The van der Waals surface area contributed by atoms with Crippen LogP contribution in [0.4, 0.5) is 4.79 Å². The van der Waals surface area contributed by atoms with Crippen molar-refractivity contribution in [3.63, 3.8) is 0 Å². The van der Waals surface area contributed by atoms with Crippen molar-refractivity contribution in [1.82, 2.24) is 10.6 Å². The van der Waals surface area contributed by atoms with Crippen LogP contribution in [0.25, 0.3) is 0 Å². The number of esters is 1. The number of amides is 2. The first-order chi connectivity index (χ1) is 15.3. The van der Waals surface area contributed by atoms with E-state index in [0.717, 1.165) is 25.2 Å². The summed E-state index contributed by atoms with van der Waals surface area (Å²) < 4.78 is 5.25. The van der Waals surface area contributed by atoms with Crippen LogP contribution >= 0.6 is 0 Å². The molecule has 3 fully saturated rings. The van der Waals surface area contributed by atoms with Gasteiger partial charge in [-0.3, -0.25) is 0 Å². The molecule has 5 rings (SSSR count). The van der Waals surface area contributed by atoms with Crippen LogP contribution in [0.15, 0.2) is 23.3 Å². The molecule has 3 saturated carbocycles. The fourth-order valence-electron chi connectivity index (χ4n) is 8.28. The van der Waals surface area contributed by atoms with Crippen molar-refractivity contribution in [2.45, 2.75) is 71.3 Å². The number of aliphatic hydroxyl groups is 1. The van der Waals surface area contributed by atoms with Gasteiger partial charge in [0.2, 0.25) is 0 Å². The molecule has 0 radical (unpaired) electrons. The highest BCUT2D eigenvalue weighted by atomic mass is 16.5. The van der Waals surface area contributed by atoms with Gasteiger partial charge in [-0.25, -0.2) is 9.59 Å². The predicted molar refractivity (Wildman–Crippen MR) is 122 cm³/mol. The van der Waals surface area contributed by atoms with E-state index in [1.165, 1.54) is 37.7 Å². The normalized spacial score (nSPS) is 42.7. The molecule has 0 bridgehead atoms. The number of hydrogen-bond donors (Lipinski definition) is 3. The zero-order valence-corrected chi connectivity index (χ0v) is 19.5. The zero-order valence-electron chi connectivity index (χ0n) is 19.5. The van der Waals surface area contributed by atoms with Crippen LogP contribution in [0.3, 0.4) is 0 Å². The van der Waals surface area contributed by atoms with Crippen LogP contribution in [0.2, 0.25) is 0 Å². The van der Waals surface area contributed by atoms with Crippen molar-refractivity contribution in [2.24, 2.45) is 34.5 Å². The maximum Gasteiger partial charge on any atom is 0.331 e. The maximum absolute atomic E-state index is 12.1. The van der Waals surface area contributed by atoms with Crippen molar-refractivity contribution in [3.05, 3.63) is 23.3 Å². The molecule has 0 saturated heterocycles. The van der Waals surface area contributed by atoms with Gasteiger partial charge in [-0.05, 0) is 91.4 Å². The zero-order chi connectivity index (χ0) is 22.5. The molecular formula is C26H38N2O4. The molecule has 1 heterocycles. The van der Waals surface area contributed by atoms with Gasteiger partial charge in [-0.1, -0.05) is 25.5 Å². The summed E-state index contributed by atoms with van der Waals surface area (Å²) in [4.78, 5) is 23.8. The highest BCUT2D eigenvalue weighted by Gasteiger charge is 2.58. The Morgan fingerprint density at radius 1 is 1.22 bits per heavy atom. The van der Waals surface area contributed by atoms with Gasteiger partial charge in [0, 0.05) is 18.7 Å². The Morgan fingerprint density at radius 2 is 2.06 bits per heavy atom. The Bertz CT molecular complexity index is 851. The molecule has 0 spiro atoms. The van der Waals surface area contributed by atoms with Gasteiger partial charge in [0.15, 0.2) is 0 Å². The van der Waals surface area contributed by atoms with E-state index in [0.29, 0.717) is 36.3 Å². The van der Waals surface area contributed by atoms with Gasteiger partial charge in [-0.15, -0.1) is 0 Å². The molecule has 3 N–H and O–H groups in total. The Morgan fingerprint density at radius 3 is 2.81 bits per heavy atom. The first-order valence-corrected chi connectivity index (χ1v) is 12.6. The number of aliphatic hydroxyl groups excluding tert-OH is 1. The lowest BCUT2D eigenvalue weighted by Crippen LogP contribution is -2.54. The van der Waals surface area contributed by atoms with Gasteiger partial charge in [-0.2, -0.15) is 0 Å². The molecule has 1 aliphatic heterocycles. The van der Waals surface area contributed by atoms with E-state index in [2.05, 4.69) is 30.6 Å². The summed E-state index contributed by atoms with van der Waals surface area (Å²) in [5.74, 6) is 2.29. The highest BCUT2D eigenvalue weighted by Crippen LogP contribution is 2.66. The lowest BCUT2D eigenvalue weighted by molar-refractivity contribution is -0.135. The van der Waals surface area contributed by atoms with Crippen molar-refractivity contribution in [2.75, 3.05) is 19.8 Å². The standard InChI is InChI=1S/C26H38N2O4/c1-25-9-7-18(28-24(31)27-11-12-29)14-17(25)3-4-19-21-6-5-20(16-13-23(30)32-15-16)26(21,2)10-8-22(19)25/h6,13,17-20,22,29H,3-5,7-12,14-15H2,1-2H3,(H2,27,28,31)/t17-,18+,19+,20-,22+,25+,26-/m1/s1. The molecule has 176 valence electrons. The van der Waals surface area contributed by atoms with Gasteiger partial charge >= 0.3 is 12.0 Å². The van der Waals surface area contributed by atoms with Crippen molar-refractivity contribution >= 4 is 12.0 Å². The molecule has 0 aromatic rings. The van der Waals surface area contributed by atoms with Crippen molar-refractivity contribution in [3.8, 4) is 0 Å². The molecule has 6 nitrogen and oxygen atoms in total. The summed E-state index contributed by atoms with van der Waals surface area (Å²) in [6.45, 7) is 5.72. The van der Waals surface area contributed by atoms with E-state index in [-0.39, 0.29) is 30.1 Å². The number of rotatable bonds is 4. The Balaban J connectivity index is 1.28. The molecule has 0 unspecified atom stereocenters. The Kier molecular flexibility index (Phi) is 5.63. The minimum atomic E-state index is -0.172.